The van der Waals surface area contributed by atoms with Gasteiger partial charge < -0.3 is 10.6 Å². The number of hydrogen-bond donors (Lipinski definition) is 2. The van der Waals surface area contributed by atoms with Crippen LogP contribution in [0, 0.1) is 12.8 Å². The second kappa shape index (κ2) is 6.89. The predicted molar refractivity (Wildman–Crippen MR) is 76.9 cm³/mol. The lowest BCUT2D eigenvalue weighted by Crippen LogP contribution is -2.36. The lowest BCUT2D eigenvalue weighted by atomic mass is 10.2. The highest BCUT2D eigenvalue weighted by molar-refractivity contribution is 9.11. The second-order valence-electron chi connectivity index (χ2n) is 4.27. The number of carbonyl (C=O) groups excluding carboxylic acids is 2. The number of aryl methyl sites for hydroxylation is 1. The minimum Gasteiger partial charge on any atom is -0.354 e. The first-order chi connectivity index (χ1) is 8.41. The average Bonchev–Trinajstić information content (AvgIpc) is 2.64. The molecule has 6 heteroatoms. The Bertz CT molecular complexity index is 424. The minimum atomic E-state index is -0.104. The number of thiophene rings is 1. The van der Waals surface area contributed by atoms with Crippen LogP contribution in [-0.2, 0) is 4.79 Å². The number of amides is 2. The summed E-state index contributed by atoms with van der Waals surface area (Å²) in [6.45, 7) is 6.50. The van der Waals surface area contributed by atoms with E-state index in [4.69, 9.17) is 0 Å². The molecule has 0 fully saturated rings. The molecule has 0 aromatic carbocycles. The van der Waals surface area contributed by atoms with Gasteiger partial charge >= 0.3 is 0 Å². The van der Waals surface area contributed by atoms with Gasteiger partial charge in [0.1, 0.15) is 0 Å². The van der Waals surface area contributed by atoms with Crippen molar-refractivity contribution in [2.45, 2.75) is 20.8 Å². The number of nitrogens with one attached hydrogen (secondary N) is 2. The van der Waals surface area contributed by atoms with Crippen molar-refractivity contribution in [2.75, 3.05) is 13.1 Å². The van der Waals surface area contributed by atoms with Crippen LogP contribution < -0.4 is 10.6 Å². The minimum absolute atomic E-state index is 0.000962. The van der Waals surface area contributed by atoms with Crippen molar-refractivity contribution in [2.24, 2.45) is 5.92 Å². The quantitative estimate of drug-likeness (QED) is 0.813. The summed E-state index contributed by atoms with van der Waals surface area (Å²) < 4.78 is 0.973. The Morgan fingerprint density at radius 1 is 1.33 bits per heavy atom. The van der Waals surface area contributed by atoms with Crippen molar-refractivity contribution in [3.8, 4) is 0 Å². The topological polar surface area (TPSA) is 58.2 Å². The van der Waals surface area contributed by atoms with Crippen molar-refractivity contribution in [3.63, 3.8) is 0 Å². The van der Waals surface area contributed by atoms with E-state index >= 15 is 0 Å². The smallest absolute Gasteiger partial charge is 0.261 e. The summed E-state index contributed by atoms with van der Waals surface area (Å²) in [6, 6.07) is 1.84. The predicted octanol–water partition coefficient (Wildman–Crippen LogP) is 2.32. The summed E-state index contributed by atoms with van der Waals surface area (Å²) in [7, 11) is 0. The van der Waals surface area contributed by atoms with E-state index in [1.54, 1.807) is 0 Å². The third-order valence-electron chi connectivity index (χ3n) is 2.32. The maximum absolute atomic E-state index is 11.8. The zero-order valence-corrected chi connectivity index (χ0v) is 13.1. The Morgan fingerprint density at radius 3 is 2.44 bits per heavy atom. The molecule has 1 heterocycles. The van der Waals surface area contributed by atoms with Crippen LogP contribution in [0.3, 0.4) is 0 Å². The van der Waals surface area contributed by atoms with Gasteiger partial charge in [-0.1, -0.05) is 13.8 Å². The largest absolute Gasteiger partial charge is 0.354 e. The molecule has 0 aliphatic rings. The van der Waals surface area contributed by atoms with Crippen molar-refractivity contribution in [3.05, 3.63) is 20.3 Å². The van der Waals surface area contributed by atoms with Gasteiger partial charge in [-0.15, -0.1) is 11.3 Å². The van der Waals surface area contributed by atoms with Crippen LogP contribution in [0.2, 0.25) is 0 Å². The van der Waals surface area contributed by atoms with Gasteiger partial charge in [-0.2, -0.15) is 0 Å². The number of carbonyl (C=O) groups is 2. The molecule has 0 radical (unpaired) electrons. The molecule has 18 heavy (non-hydrogen) atoms. The molecule has 2 amide bonds. The lowest BCUT2D eigenvalue weighted by Gasteiger charge is -2.08. The third-order valence-corrected chi connectivity index (χ3v) is 4.45. The molecular formula is C12H17BrN2O2S. The van der Waals surface area contributed by atoms with Crippen molar-refractivity contribution in [1.29, 1.82) is 0 Å². The van der Waals surface area contributed by atoms with E-state index in [9.17, 15) is 9.59 Å². The summed E-state index contributed by atoms with van der Waals surface area (Å²) in [4.78, 5) is 23.7. The molecule has 0 saturated carbocycles. The molecule has 2 N–H and O–H groups in total. The highest BCUT2D eigenvalue weighted by Gasteiger charge is 2.11. The summed E-state index contributed by atoms with van der Waals surface area (Å²) in [5, 5.41) is 5.52. The monoisotopic (exact) mass is 332 g/mol. The van der Waals surface area contributed by atoms with Crippen molar-refractivity contribution >= 4 is 39.1 Å². The van der Waals surface area contributed by atoms with E-state index in [-0.39, 0.29) is 17.7 Å². The van der Waals surface area contributed by atoms with E-state index in [0.717, 1.165) is 9.35 Å². The van der Waals surface area contributed by atoms with Gasteiger partial charge in [0.25, 0.3) is 5.91 Å². The van der Waals surface area contributed by atoms with Crippen LogP contribution >= 0.6 is 27.3 Å². The van der Waals surface area contributed by atoms with E-state index in [2.05, 4.69) is 26.6 Å². The summed E-state index contributed by atoms with van der Waals surface area (Å²) in [5.41, 5.74) is 1.05. The van der Waals surface area contributed by atoms with Gasteiger partial charge in [0.2, 0.25) is 5.91 Å². The average molecular weight is 333 g/mol. The summed E-state index contributed by atoms with van der Waals surface area (Å²) in [5.74, 6) is -0.136. The Labute approximate surface area is 119 Å². The molecule has 1 rings (SSSR count). The normalized spacial score (nSPS) is 10.5. The Hall–Kier alpha value is -0.880. The van der Waals surface area contributed by atoms with Gasteiger partial charge in [-0.25, -0.2) is 0 Å². The van der Waals surface area contributed by atoms with Crippen molar-refractivity contribution < 1.29 is 9.59 Å². The van der Waals surface area contributed by atoms with Crippen LogP contribution in [-0.4, -0.2) is 24.9 Å². The Balaban J connectivity index is 2.32. The third kappa shape index (κ3) is 4.42. The van der Waals surface area contributed by atoms with Gasteiger partial charge in [-0.05, 0) is 34.5 Å². The van der Waals surface area contributed by atoms with Crippen molar-refractivity contribution in [1.82, 2.24) is 10.6 Å². The van der Waals surface area contributed by atoms with E-state index < -0.39 is 0 Å². The fraction of sp³-hybridized carbons (Fsp3) is 0.500. The number of hydrogen-bond acceptors (Lipinski definition) is 3. The second-order valence-corrected chi connectivity index (χ2v) is 6.64. The van der Waals surface area contributed by atoms with E-state index in [1.165, 1.54) is 11.3 Å². The standard InChI is InChI=1S/C12H17BrN2O2S/c1-7(2)11(16)14-4-5-15-12(17)9-6-8(3)10(13)18-9/h6-7H,4-5H2,1-3H3,(H,14,16)(H,15,17). The number of halogens is 1. The molecular weight excluding hydrogens is 316 g/mol. The van der Waals surface area contributed by atoms with Crippen LogP contribution in [0.5, 0.6) is 0 Å². The number of rotatable bonds is 5. The molecule has 0 bridgehead atoms. The van der Waals surface area contributed by atoms with Gasteiger partial charge in [-0.3, -0.25) is 9.59 Å². The van der Waals surface area contributed by atoms with Crippen LogP contribution in [0.15, 0.2) is 9.85 Å². The van der Waals surface area contributed by atoms with Crippen LogP contribution in [0.4, 0.5) is 0 Å². The maximum atomic E-state index is 11.8. The molecule has 1 aromatic rings. The Morgan fingerprint density at radius 2 is 1.94 bits per heavy atom. The lowest BCUT2D eigenvalue weighted by molar-refractivity contribution is -0.123. The molecule has 0 unspecified atom stereocenters. The molecule has 1 aromatic heterocycles. The SMILES string of the molecule is Cc1cc(C(=O)NCCNC(=O)C(C)C)sc1Br. The molecule has 4 nitrogen and oxygen atoms in total. The highest BCUT2D eigenvalue weighted by Crippen LogP contribution is 2.26. The molecule has 0 atom stereocenters. The van der Waals surface area contributed by atoms with Crippen LogP contribution in [0.25, 0.3) is 0 Å². The fourth-order valence-corrected chi connectivity index (χ4v) is 2.68. The first kappa shape index (κ1) is 15.2. The molecule has 0 aliphatic carbocycles. The summed E-state index contributed by atoms with van der Waals surface area (Å²) in [6.07, 6.45) is 0. The molecule has 0 spiro atoms. The maximum Gasteiger partial charge on any atom is 0.261 e. The summed E-state index contributed by atoms with van der Waals surface area (Å²) >= 11 is 4.79. The zero-order chi connectivity index (χ0) is 13.7. The zero-order valence-electron chi connectivity index (χ0n) is 10.7. The van der Waals surface area contributed by atoms with Gasteiger partial charge in [0.15, 0.2) is 0 Å². The molecule has 100 valence electrons. The fourth-order valence-electron chi connectivity index (χ4n) is 1.22. The first-order valence-electron chi connectivity index (χ1n) is 5.73. The Kier molecular flexibility index (Phi) is 5.81. The van der Waals surface area contributed by atoms with Gasteiger partial charge in [0, 0.05) is 19.0 Å². The highest BCUT2D eigenvalue weighted by atomic mass is 79.9. The van der Waals surface area contributed by atoms with Crippen LogP contribution in [0.1, 0.15) is 29.1 Å². The molecule has 0 aliphatic heterocycles. The van der Waals surface area contributed by atoms with E-state index in [0.29, 0.717) is 18.0 Å². The van der Waals surface area contributed by atoms with E-state index in [1.807, 2.05) is 26.8 Å². The molecule has 0 saturated heterocycles. The van der Waals surface area contributed by atoms with Gasteiger partial charge in [0.05, 0.1) is 8.66 Å². The first-order valence-corrected chi connectivity index (χ1v) is 7.34.